The van der Waals surface area contributed by atoms with E-state index >= 15 is 0 Å². The minimum atomic E-state index is -0.653. The quantitative estimate of drug-likeness (QED) is 0.568. The van der Waals surface area contributed by atoms with E-state index in [1.165, 1.54) is 6.42 Å². The predicted octanol–water partition coefficient (Wildman–Crippen LogP) is 0.0195. The SMILES string of the molecule is CC(C)(O)C1([SiH3])CCCCO1. The highest BCUT2D eigenvalue weighted by molar-refractivity contribution is 6.15. The molecule has 1 aliphatic heterocycles. The molecule has 11 heavy (non-hydrogen) atoms. The van der Waals surface area contributed by atoms with Crippen LogP contribution in [0.5, 0.6) is 0 Å². The van der Waals surface area contributed by atoms with Gasteiger partial charge in [0, 0.05) is 16.8 Å². The molecule has 0 aromatic heterocycles. The van der Waals surface area contributed by atoms with E-state index in [0.29, 0.717) is 0 Å². The van der Waals surface area contributed by atoms with E-state index in [-0.39, 0.29) is 5.22 Å². The van der Waals surface area contributed by atoms with E-state index < -0.39 is 5.60 Å². The number of hydrogen-bond donors (Lipinski definition) is 1. The number of aliphatic hydroxyl groups is 1. The van der Waals surface area contributed by atoms with Crippen molar-refractivity contribution in [1.29, 1.82) is 0 Å². The third-order valence-electron chi connectivity index (χ3n) is 2.76. The minimum absolute atomic E-state index is 0.189. The van der Waals surface area contributed by atoms with Gasteiger partial charge in [0.15, 0.2) is 0 Å². The Morgan fingerprint density at radius 3 is 2.36 bits per heavy atom. The molecular formula is C8H18O2Si. The molecule has 0 bridgehead atoms. The second-order valence-corrected chi connectivity index (χ2v) is 5.71. The summed E-state index contributed by atoms with van der Waals surface area (Å²) in [5.74, 6) is 0. The van der Waals surface area contributed by atoms with Crippen molar-refractivity contribution >= 4 is 10.2 Å². The Bertz CT molecular complexity index is 134. The molecule has 0 spiro atoms. The van der Waals surface area contributed by atoms with E-state index in [1.807, 2.05) is 13.8 Å². The topological polar surface area (TPSA) is 29.5 Å². The first-order valence-electron chi connectivity index (χ1n) is 4.32. The lowest BCUT2D eigenvalue weighted by Crippen LogP contribution is -2.54. The molecule has 1 aliphatic rings. The Labute approximate surface area is 71.4 Å². The van der Waals surface area contributed by atoms with E-state index in [0.717, 1.165) is 29.7 Å². The van der Waals surface area contributed by atoms with E-state index in [9.17, 15) is 5.11 Å². The van der Waals surface area contributed by atoms with Gasteiger partial charge in [0.1, 0.15) is 0 Å². The molecule has 1 N–H and O–H groups in total. The van der Waals surface area contributed by atoms with Crippen molar-refractivity contribution in [2.45, 2.75) is 43.9 Å². The van der Waals surface area contributed by atoms with Gasteiger partial charge >= 0.3 is 0 Å². The molecule has 1 rings (SSSR count). The summed E-state index contributed by atoms with van der Waals surface area (Å²) in [6, 6.07) is 0. The molecule has 0 radical (unpaired) electrons. The molecule has 1 unspecified atom stereocenters. The second kappa shape index (κ2) is 2.88. The van der Waals surface area contributed by atoms with Gasteiger partial charge in [-0.15, -0.1) is 0 Å². The van der Waals surface area contributed by atoms with Gasteiger partial charge in [-0.2, -0.15) is 0 Å². The van der Waals surface area contributed by atoms with Crippen LogP contribution >= 0.6 is 0 Å². The van der Waals surface area contributed by atoms with Crippen LogP contribution in [0.4, 0.5) is 0 Å². The maximum atomic E-state index is 9.81. The zero-order chi connectivity index (χ0) is 8.54. The Morgan fingerprint density at radius 1 is 1.45 bits per heavy atom. The van der Waals surface area contributed by atoms with Crippen LogP contribution in [0.1, 0.15) is 33.1 Å². The Morgan fingerprint density at radius 2 is 2.09 bits per heavy atom. The first-order chi connectivity index (χ1) is 4.96. The molecular weight excluding hydrogens is 156 g/mol. The summed E-state index contributed by atoms with van der Waals surface area (Å²) in [4.78, 5) is 0. The first kappa shape index (κ1) is 9.23. The maximum absolute atomic E-state index is 9.81. The number of rotatable bonds is 1. The van der Waals surface area contributed by atoms with Gasteiger partial charge in [-0.05, 0) is 33.1 Å². The van der Waals surface area contributed by atoms with E-state index in [1.54, 1.807) is 0 Å². The largest absolute Gasteiger partial charge is 0.388 e. The van der Waals surface area contributed by atoms with Crippen molar-refractivity contribution in [1.82, 2.24) is 0 Å². The second-order valence-electron chi connectivity index (χ2n) is 4.10. The average molecular weight is 174 g/mol. The Hall–Kier alpha value is 0.137. The van der Waals surface area contributed by atoms with Crippen LogP contribution in [0.3, 0.4) is 0 Å². The van der Waals surface area contributed by atoms with Crippen LogP contribution in [0.25, 0.3) is 0 Å². The summed E-state index contributed by atoms with van der Waals surface area (Å²) < 4.78 is 5.64. The lowest BCUT2D eigenvalue weighted by Gasteiger charge is -2.43. The lowest BCUT2D eigenvalue weighted by molar-refractivity contribution is -0.137. The standard InChI is InChI=1S/C8H18O2Si/c1-7(2,9)8(11)5-3-4-6-10-8/h9H,3-6H2,1-2,11H3. The van der Waals surface area contributed by atoms with Crippen LogP contribution in [0, 0.1) is 0 Å². The average Bonchev–Trinajstić information content (AvgIpc) is 1.87. The van der Waals surface area contributed by atoms with Crippen molar-refractivity contribution in [2.75, 3.05) is 6.61 Å². The summed E-state index contributed by atoms with van der Waals surface area (Å²) in [7, 11) is 0.917. The molecule has 2 nitrogen and oxygen atoms in total. The molecule has 0 aliphatic carbocycles. The number of hydrogen-bond acceptors (Lipinski definition) is 2. The summed E-state index contributed by atoms with van der Waals surface area (Å²) in [6.07, 6.45) is 3.39. The van der Waals surface area contributed by atoms with Crippen LogP contribution < -0.4 is 0 Å². The van der Waals surface area contributed by atoms with Gasteiger partial charge in [0.2, 0.25) is 0 Å². The van der Waals surface area contributed by atoms with Crippen molar-refractivity contribution in [3.05, 3.63) is 0 Å². The molecule has 1 fully saturated rings. The molecule has 3 heteroatoms. The highest BCUT2D eigenvalue weighted by atomic mass is 28.1. The third kappa shape index (κ3) is 1.83. The Balaban J connectivity index is 2.64. The molecule has 1 saturated heterocycles. The predicted molar refractivity (Wildman–Crippen MR) is 48.8 cm³/mol. The monoisotopic (exact) mass is 174 g/mol. The fourth-order valence-electron chi connectivity index (χ4n) is 1.42. The van der Waals surface area contributed by atoms with Gasteiger partial charge in [0.25, 0.3) is 0 Å². The zero-order valence-corrected chi connectivity index (χ0v) is 9.68. The smallest absolute Gasteiger partial charge is 0.0839 e. The van der Waals surface area contributed by atoms with Crippen molar-refractivity contribution < 1.29 is 9.84 Å². The summed E-state index contributed by atoms with van der Waals surface area (Å²) in [5, 5.41) is 9.62. The number of ether oxygens (including phenoxy) is 1. The van der Waals surface area contributed by atoms with Gasteiger partial charge in [-0.25, -0.2) is 0 Å². The van der Waals surface area contributed by atoms with Crippen LogP contribution in [0.2, 0.25) is 0 Å². The van der Waals surface area contributed by atoms with Crippen LogP contribution in [0.15, 0.2) is 0 Å². The van der Waals surface area contributed by atoms with E-state index in [2.05, 4.69) is 0 Å². The summed E-state index contributed by atoms with van der Waals surface area (Å²) in [5.41, 5.74) is -0.653. The van der Waals surface area contributed by atoms with Crippen LogP contribution in [-0.4, -0.2) is 32.8 Å². The van der Waals surface area contributed by atoms with Crippen molar-refractivity contribution in [3.63, 3.8) is 0 Å². The summed E-state index contributed by atoms with van der Waals surface area (Å²) in [6.45, 7) is 4.53. The fourth-order valence-corrected chi connectivity index (χ4v) is 1.97. The normalized spacial score (nSPS) is 34.1. The van der Waals surface area contributed by atoms with Gasteiger partial charge in [0.05, 0.1) is 10.8 Å². The maximum Gasteiger partial charge on any atom is 0.0839 e. The van der Waals surface area contributed by atoms with Gasteiger partial charge < -0.3 is 9.84 Å². The molecule has 0 amide bonds. The van der Waals surface area contributed by atoms with Crippen LogP contribution in [-0.2, 0) is 4.74 Å². The molecule has 0 aromatic rings. The highest BCUT2D eigenvalue weighted by Crippen LogP contribution is 2.31. The molecule has 1 atom stereocenters. The van der Waals surface area contributed by atoms with Crippen molar-refractivity contribution in [3.8, 4) is 0 Å². The fraction of sp³-hybridized carbons (Fsp3) is 1.00. The zero-order valence-electron chi connectivity index (χ0n) is 7.68. The van der Waals surface area contributed by atoms with E-state index in [4.69, 9.17) is 4.74 Å². The van der Waals surface area contributed by atoms with Gasteiger partial charge in [-0.3, -0.25) is 0 Å². The molecule has 1 heterocycles. The van der Waals surface area contributed by atoms with Crippen molar-refractivity contribution in [2.24, 2.45) is 0 Å². The highest BCUT2D eigenvalue weighted by Gasteiger charge is 2.41. The molecule has 0 aromatic carbocycles. The minimum Gasteiger partial charge on any atom is -0.388 e. The first-order valence-corrected chi connectivity index (χ1v) is 5.32. The third-order valence-corrected chi connectivity index (χ3v) is 4.78. The summed E-state index contributed by atoms with van der Waals surface area (Å²) >= 11 is 0. The Kier molecular flexibility index (Phi) is 2.42. The molecule has 0 saturated carbocycles. The lowest BCUT2D eigenvalue weighted by atomic mass is 9.94. The van der Waals surface area contributed by atoms with Gasteiger partial charge in [-0.1, -0.05) is 0 Å². The molecule has 66 valence electrons.